The van der Waals surface area contributed by atoms with E-state index in [0.717, 1.165) is 25.1 Å². The van der Waals surface area contributed by atoms with E-state index in [2.05, 4.69) is 27.6 Å². The van der Waals surface area contributed by atoms with Gasteiger partial charge in [-0.15, -0.1) is 0 Å². The van der Waals surface area contributed by atoms with E-state index >= 15 is 0 Å². The third-order valence-corrected chi connectivity index (χ3v) is 4.59. The number of hydrogen-bond donors (Lipinski definition) is 3. The van der Waals surface area contributed by atoms with Gasteiger partial charge in [0.15, 0.2) is 5.76 Å². The third kappa shape index (κ3) is 4.64. The fraction of sp³-hybridized carbons (Fsp3) is 0.368. The van der Waals surface area contributed by atoms with Gasteiger partial charge in [-0.1, -0.05) is 0 Å². The second-order valence-electron chi connectivity index (χ2n) is 6.44. The van der Waals surface area contributed by atoms with Crippen LogP contribution in [0.3, 0.4) is 0 Å². The number of amides is 2. The molecule has 138 valence electrons. The Morgan fingerprint density at radius 2 is 2.27 bits per heavy atom. The van der Waals surface area contributed by atoms with Gasteiger partial charge in [0.05, 0.1) is 6.26 Å². The molecular weight excluding hydrogens is 332 g/mol. The maximum atomic E-state index is 12.6. The molecule has 7 nitrogen and oxygen atoms in total. The Hall–Kier alpha value is -2.80. The van der Waals surface area contributed by atoms with Gasteiger partial charge in [0.25, 0.3) is 11.8 Å². The Labute approximate surface area is 152 Å². The van der Waals surface area contributed by atoms with Crippen LogP contribution in [-0.4, -0.2) is 47.9 Å². The minimum Gasteiger partial charge on any atom is -0.459 e. The largest absolute Gasteiger partial charge is 0.459 e. The average molecular weight is 356 g/mol. The van der Waals surface area contributed by atoms with Crippen LogP contribution in [0.1, 0.15) is 35.5 Å². The first-order valence-corrected chi connectivity index (χ1v) is 8.82. The van der Waals surface area contributed by atoms with E-state index in [0.29, 0.717) is 12.6 Å². The first-order chi connectivity index (χ1) is 12.6. The molecular formula is C19H24N4O3. The monoisotopic (exact) mass is 356 g/mol. The van der Waals surface area contributed by atoms with Crippen molar-refractivity contribution in [3.05, 3.63) is 53.9 Å². The summed E-state index contributed by atoms with van der Waals surface area (Å²) in [5.41, 5.74) is 0.902. The molecule has 2 aromatic rings. The fourth-order valence-electron chi connectivity index (χ4n) is 3.13. The van der Waals surface area contributed by atoms with Crippen LogP contribution in [0.15, 0.2) is 46.8 Å². The Kier molecular flexibility index (Phi) is 5.91. The summed E-state index contributed by atoms with van der Waals surface area (Å²) < 4.78 is 5.09. The molecule has 2 aromatic heterocycles. The van der Waals surface area contributed by atoms with Gasteiger partial charge in [0.1, 0.15) is 5.70 Å². The Bertz CT molecular complexity index is 750. The Balaban J connectivity index is 1.62. The van der Waals surface area contributed by atoms with E-state index < -0.39 is 5.91 Å². The lowest BCUT2D eigenvalue weighted by molar-refractivity contribution is -0.117. The molecule has 0 spiro atoms. The van der Waals surface area contributed by atoms with Gasteiger partial charge in [0.2, 0.25) is 0 Å². The minimum atomic E-state index is -0.460. The molecule has 0 radical (unpaired) electrons. The third-order valence-electron chi connectivity index (χ3n) is 4.59. The van der Waals surface area contributed by atoms with Gasteiger partial charge >= 0.3 is 0 Å². The lowest BCUT2D eigenvalue weighted by atomic mass is 10.1. The molecule has 1 atom stereocenters. The van der Waals surface area contributed by atoms with Gasteiger partial charge in [-0.05, 0) is 63.2 Å². The van der Waals surface area contributed by atoms with Crippen molar-refractivity contribution in [3.63, 3.8) is 0 Å². The number of aromatic nitrogens is 1. The van der Waals surface area contributed by atoms with Crippen LogP contribution >= 0.6 is 0 Å². The molecule has 1 unspecified atom stereocenters. The summed E-state index contributed by atoms with van der Waals surface area (Å²) in [6.45, 7) is 1.67. The molecule has 7 heteroatoms. The summed E-state index contributed by atoms with van der Waals surface area (Å²) in [5, 5.41) is 5.53. The number of nitrogens with zero attached hydrogens (tertiary/aromatic N) is 1. The number of likely N-dealkylation sites (tertiary alicyclic amines) is 1. The highest BCUT2D eigenvalue weighted by Gasteiger charge is 2.21. The number of hydrogen-bond acceptors (Lipinski definition) is 4. The van der Waals surface area contributed by atoms with Crippen molar-refractivity contribution in [2.24, 2.45) is 0 Å². The summed E-state index contributed by atoms with van der Waals surface area (Å²) in [6, 6.07) is 7.33. The van der Waals surface area contributed by atoms with Crippen LogP contribution in [0.4, 0.5) is 0 Å². The van der Waals surface area contributed by atoms with E-state index in [9.17, 15) is 9.59 Å². The molecule has 1 aliphatic heterocycles. The number of carbonyl (C=O) groups excluding carboxylic acids is 2. The highest BCUT2D eigenvalue weighted by atomic mass is 16.3. The van der Waals surface area contributed by atoms with E-state index in [1.54, 1.807) is 24.4 Å². The van der Waals surface area contributed by atoms with Crippen molar-refractivity contribution in [1.82, 2.24) is 20.5 Å². The Morgan fingerprint density at radius 1 is 1.38 bits per heavy atom. The number of carbonyl (C=O) groups is 2. The van der Waals surface area contributed by atoms with Gasteiger partial charge in [0, 0.05) is 24.5 Å². The molecule has 2 amide bonds. The molecule has 1 saturated heterocycles. The predicted octanol–water partition coefficient (Wildman–Crippen LogP) is 1.98. The maximum Gasteiger partial charge on any atom is 0.291 e. The molecule has 3 heterocycles. The van der Waals surface area contributed by atoms with Crippen LogP contribution < -0.4 is 10.6 Å². The van der Waals surface area contributed by atoms with Crippen LogP contribution in [-0.2, 0) is 4.79 Å². The summed E-state index contributed by atoms with van der Waals surface area (Å²) >= 11 is 0. The van der Waals surface area contributed by atoms with Crippen LogP contribution in [0.25, 0.3) is 6.08 Å². The standard InChI is InChI=1S/C19H24N4O3/c1-23-11-3-6-15(23)8-10-21-18(24)16(13-14-5-2-9-20-14)22-19(25)17-7-4-12-26-17/h2,4-5,7,9,12-13,15,20H,3,6,8,10-11H2,1H3,(H,21,24)(H,22,25)/b16-13-. The normalized spacial score (nSPS) is 18.0. The zero-order chi connectivity index (χ0) is 18.4. The van der Waals surface area contributed by atoms with Gasteiger partial charge < -0.3 is 24.9 Å². The molecule has 0 aliphatic carbocycles. The molecule has 3 rings (SSSR count). The number of rotatable bonds is 7. The second kappa shape index (κ2) is 8.53. The molecule has 0 aromatic carbocycles. The smallest absolute Gasteiger partial charge is 0.291 e. The van der Waals surface area contributed by atoms with Crippen LogP contribution in [0.2, 0.25) is 0 Å². The van der Waals surface area contributed by atoms with Gasteiger partial charge in [-0.2, -0.15) is 0 Å². The van der Waals surface area contributed by atoms with Crippen molar-refractivity contribution >= 4 is 17.9 Å². The predicted molar refractivity (Wildman–Crippen MR) is 98.2 cm³/mol. The number of nitrogens with one attached hydrogen (secondary N) is 3. The van der Waals surface area contributed by atoms with E-state index in [1.165, 1.54) is 12.7 Å². The van der Waals surface area contributed by atoms with E-state index in [1.807, 2.05) is 12.1 Å². The molecule has 0 bridgehead atoms. The first-order valence-electron chi connectivity index (χ1n) is 8.82. The lowest BCUT2D eigenvalue weighted by Crippen LogP contribution is -2.37. The zero-order valence-corrected chi connectivity index (χ0v) is 14.8. The van der Waals surface area contributed by atoms with Crippen molar-refractivity contribution in [2.45, 2.75) is 25.3 Å². The summed E-state index contributed by atoms with van der Waals surface area (Å²) in [5.74, 6) is -0.624. The maximum absolute atomic E-state index is 12.6. The summed E-state index contributed by atoms with van der Waals surface area (Å²) in [6.07, 6.45) is 8.04. The van der Waals surface area contributed by atoms with Crippen LogP contribution in [0.5, 0.6) is 0 Å². The highest BCUT2D eigenvalue weighted by molar-refractivity contribution is 6.04. The average Bonchev–Trinajstić information content (AvgIpc) is 3.37. The molecule has 0 saturated carbocycles. The molecule has 1 fully saturated rings. The fourth-order valence-corrected chi connectivity index (χ4v) is 3.13. The number of aromatic amines is 1. The van der Waals surface area contributed by atoms with Crippen molar-refractivity contribution in [2.75, 3.05) is 20.1 Å². The first kappa shape index (κ1) is 18.0. The van der Waals surface area contributed by atoms with Gasteiger partial charge in [-0.3, -0.25) is 9.59 Å². The van der Waals surface area contributed by atoms with Crippen molar-refractivity contribution < 1.29 is 14.0 Å². The van der Waals surface area contributed by atoms with E-state index in [4.69, 9.17) is 4.42 Å². The SMILES string of the molecule is CN1CCCC1CCNC(=O)/C(=C/c1ccc[nH]1)NC(=O)c1ccco1. The van der Waals surface area contributed by atoms with Crippen LogP contribution in [0, 0.1) is 0 Å². The zero-order valence-electron chi connectivity index (χ0n) is 14.8. The van der Waals surface area contributed by atoms with Gasteiger partial charge in [-0.25, -0.2) is 0 Å². The van der Waals surface area contributed by atoms with Crippen molar-refractivity contribution in [3.8, 4) is 0 Å². The number of furan rings is 1. The Morgan fingerprint density at radius 3 is 2.92 bits per heavy atom. The summed E-state index contributed by atoms with van der Waals surface area (Å²) in [7, 11) is 2.11. The lowest BCUT2D eigenvalue weighted by Gasteiger charge is -2.19. The van der Waals surface area contributed by atoms with Crippen molar-refractivity contribution in [1.29, 1.82) is 0 Å². The van der Waals surface area contributed by atoms with E-state index in [-0.39, 0.29) is 17.4 Å². The molecule has 1 aliphatic rings. The number of H-pyrrole nitrogens is 1. The molecule has 26 heavy (non-hydrogen) atoms. The topological polar surface area (TPSA) is 90.4 Å². The quantitative estimate of drug-likeness (QED) is 0.662. The molecule has 3 N–H and O–H groups in total. The highest BCUT2D eigenvalue weighted by Crippen LogP contribution is 2.17. The second-order valence-corrected chi connectivity index (χ2v) is 6.44. The summed E-state index contributed by atoms with van der Waals surface area (Å²) in [4.78, 5) is 30.1. The minimum absolute atomic E-state index is 0.155.